The van der Waals surface area contributed by atoms with Crippen LogP contribution in [0.3, 0.4) is 0 Å². The number of rotatable bonds is 3. The van der Waals surface area contributed by atoms with Crippen LogP contribution in [0.25, 0.3) is 0 Å². The third-order valence-corrected chi connectivity index (χ3v) is 4.09. The van der Waals surface area contributed by atoms with Gasteiger partial charge in [0.15, 0.2) is 0 Å². The molecule has 1 atom stereocenters. The molecule has 0 saturated carbocycles. The van der Waals surface area contributed by atoms with Crippen LogP contribution in [0.1, 0.15) is 17.7 Å². The van der Waals surface area contributed by atoms with Gasteiger partial charge in [-0.2, -0.15) is 0 Å². The topological polar surface area (TPSA) is 59.9 Å². The van der Waals surface area contributed by atoms with E-state index in [0.717, 1.165) is 23.5 Å². The minimum Gasteiger partial charge on any atom is -0.394 e. The van der Waals surface area contributed by atoms with E-state index in [0.29, 0.717) is 19.6 Å². The van der Waals surface area contributed by atoms with Gasteiger partial charge in [-0.3, -0.25) is 4.79 Å². The number of hydrogen-bond acceptors (Lipinski definition) is 5. The Morgan fingerprint density at radius 1 is 1.45 bits per heavy atom. The van der Waals surface area contributed by atoms with Gasteiger partial charge in [-0.25, -0.2) is 4.98 Å². The first-order valence-corrected chi connectivity index (χ1v) is 7.65. The average Bonchev–Trinajstić information content (AvgIpc) is 2.45. The molecular formula is C16H26N4O2. The van der Waals surface area contributed by atoms with Crippen molar-refractivity contribution in [3.8, 4) is 0 Å². The Morgan fingerprint density at radius 2 is 2.18 bits per heavy atom. The van der Waals surface area contributed by atoms with Crippen LogP contribution in [0.4, 0.5) is 5.82 Å². The van der Waals surface area contributed by atoms with E-state index in [9.17, 15) is 9.90 Å². The smallest absolute Gasteiger partial charge is 0.237 e. The van der Waals surface area contributed by atoms with Gasteiger partial charge in [-0.15, -0.1) is 0 Å². The van der Waals surface area contributed by atoms with E-state index < -0.39 is 0 Å². The number of nitrogens with zero attached hydrogens (tertiary/aromatic N) is 4. The van der Waals surface area contributed by atoms with E-state index >= 15 is 0 Å². The summed E-state index contributed by atoms with van der Waals surface area (Å²) in [5.41, 5.74) is 1.97. The number of aliphatic hydroxyl groups is 1. The van der Waals surface area contributed by atoms with Gasteiger partial charge in [0, 0.05) is 31.4 Å². The molecule has 6 nitrogen and oxygen atoms in total. The number of amides is 1. The molecule has 0 fully saturated rings. The molecule has 0 aromatic carbocycles. The number of hydrogen-bond donors (Lipinski definition) is 1. The first-order chi connectivity index (χ1) is 10.4. The predicted octanol–water partition coefficient (Wildman–Crippen LogP) is 0.481. The second-order valence-corrected chi connectivity index (χ2v) is 6.22. The summed E-state index contributed by atoms with van der Waals surface area (Å²) in [7, 11) is 5.75. The van der Waals surface area contributed by atoms with Crippen molar-refractivity contribution in [1.82, 2.24) is 14.8 Å². The van der Waals surface area contributed by atoms with Gasteiger partial charge in [-0.05, 0) is 33.5 Å². The van der Waals surface area contributed by atoms with Crippen molar-refractivity contribution in [2.45, 2.75) is 25.9 Å². The maximum atomic E-state index is 12.4. The highest BCUT2D eigenvalue weighted by atomic mass is 16.3. The van der Waals surface area contributed by atoms with Crippen molar-refractivity contribution >= 4 is 11.7 Å². The van der Waals surface area contributed by atoms with E-state index in [1.54, 1.807) is 0 Å². The summed E-state index contributed by atoms with van der Waals surface area (Å²) in [5.74, 6) is 0.971. The Labute approximate surface area is 132 Å². The zero-order valence-electron chi connectivity index (χ0n) is 13.9. The van der Waals surface area contributed by atoms with Gasteiger partial charge in [-0.1, -0.05) is 6.07 Å². The highest BCUT2D eigenvalue weighted by Gasteiger charge is 2.26. The van der Waals surface area contributed by atoms with Crippen molar-refractivity contribution in [2.24, 2.45) is 0 Å². The largest absolute Gasteiger partial charge is 0.394 e. The van der Waals surface area contributed by atoms with Gasteiger partial charge in [0.2, 0.25) is 5.91 Å². The Balaban J connectivity index is 2.32. The lowest BCUT2D eigenvalue weighted by atomic mass is 10.1. The summed E-state index contributed by atoms with van der Waals surface area (Å²) in [6.07, 6.45) is 0.737. The van der Waals surface area contributed by atoms with Gasteiger partial charge in [0.25, 0.3) is 0 Å². The molecular weight excluding hydrogens is 280 g/mol. The number of carbonyl (C=O) groups is 1. The molecule has 1 aromatic heterocycles. The normalized spacial score (nSPS) is 18.9. The zero-order valence-corrected chi connectivity index (χ0v) is 13.9. The lowest BCUT2D eigenvalue weighted by molar-refractivity contribution is -0.132. The van der Waals surface area contributed by atoms with Crippen LogP contribution in [0, 0.1) is 6.92 Å². The van der Waals surface area contributed by atoms with E-state index in [-0.39, 0.29) is 18.6 Å². The van der Waals surface area contributed by atoms with Crippen molar-refractivity contribution in [3.05, 3.63) is 23.4 Å². The van der Waals surface area contributed by atoms with Crippen LogP contribution in [0.2, 0.25) is 0 Å². The zero-order chi connectivity index (χ0) is 16.3. The summed E-state index contributed by atoms with van der Waals surface area (Å²) in [6, 6.07) is 3.98. The Hall–Kier alpha value is -1.66. The first-order valence-electron chi connectivity index (χ1n) is 7.65. The monoisotopic (exact) mass is 306 g/mol. The molecule has 0 unspecified atom stereocenters. The van der Waals surface area contributed by atoms with Gasteiger partial charge in [0.1, 0.15) is 5.82 Å². The number of aromatic nitrogens is 1. The Morgan fingerprint density at radius 3 is 2.82 bits per heavy atom. The number of aryl methyl sites for hydroxylation is 1. The first kappa shape index (κ1) is 16.7. The van der Waals surface area contributed by atoms with Crippen LogP contribution < -0.4 is 4.90 Å². The summed E-state index contributed by atoms with van der Waals surface area (Å²) < 4.78 is 0. The molecule has 0 spiro atoms. The van der Waals surface area contributed by atoms with Crippen LogP contribution in [0.15, 0.2) is 12.1 Å². The molecule has 0 aliphatic carbocycles. The summed E-state index contributed by atoms with van der Waals surface area (Å²) >= 11 is 0. The van der Waals surface area contributed by atoms with E-state index in [4.69, 9.17) is 0 Å². The second kappa shape index (κ2) is 7.07. The lowest BCUT2D eigenvalue weighted by Gasteiger charge is -2.36. The molecule has 2 rings (SSSR count). The Kier molecular flexibility index (Phi) is 5.37. The lowest BCUT2D eigenvalue weighted by Crippen LogP contribution is -2.45. The highest BCUT2D eigenvalue weighted by Crippen LogP contribution is 2.25. The predicted molar refractivity (Wildman–Crippen MR) is 86.8 cm³/mol. The second-order valence-electron chi connectivity index (χ2n) is 6.22. The third-order valence-electron chi connectivity index (χ3n) is 4.09. The summed E-state index contributed by atoms with van der Waals surface area (Å²) in [5, 5.41) is 9.66. The molecule has 1 aliphatic heterocycles. The van der Waals surface area contributed by atoms with E-state index in [1.807, 2.05) is 54.9 Å². The molecule has 0 bridgehead atoms. The van der Waals surface area contributed by atoms with Gasteiger partial charge < -0.3 is 19.8 Å². The third kappa shape index (κ3) is 3.75. The fraction of sp³-hybridized carbons (Fsp3) is 0.625. The molecule has 1 aliphatic rings. The fourth-order valence-electron chi connectivity index (χ4n) is 2.75. The van der Waals surface area contributed by atoms with Crippen molar-refractivity contribution < 1.29 is 9.90 Å². The van der Waals surface area contributed by atoms with Crippen LogP contribution in [-0.2, 0) is 11.3 Å². The number of pyridine rings is 1. The summed E-state index contributed by atoms with van der Waals surface area (Å²) in [6.45, 7) is 3.62. The molecule has 2 heterocycles. The standard InChI is InChI=1S/C16H26N4O2/c1-12-5-6-13-9-20(15(22)10-18(2)3)8-7-14(11-21)19(4)16(13)17-12/h5-6,14,21H,7-11H2,1-4H3/t14-/m0/s1. The maximum absolute atomic E-state index is 12.4. The van der Waals surface area contributed by atoms with E-state index in [2.05, 4.69) is 4.98 Å². The number of likely N-dealkylation sites (N-methyl/N-ethyl adjacent to an activating group) is 2. The van der Waals surface area contributed by atoms with E-state index in [1.165, 1.54) is 0 Å². The van der Waals surface area contributed by atoms with Crippen molar-refractivity contribution in [2.75, 3.05) is 45.7 Å². The quantitative estimate of drug-likeness (QED) is 0.880. The fourth-order valence-corrected chi connectivity index (χ4v) is 2.75. The highest BCUT2D eigenvalue weighted by molar-refractivity contribution is 5.78. The molecule has 0 saturated heterocycles. The molecule has 1 N–H and O–H groups in total. The minimum absolute atomic E-state index is 0.0250. The molecule has 1 amide bonds. The van der Waals surface area contributed by atoms with Crippen LogP contribution in [0.5, 0.6) is 0 Å². The Bertz CT molecular complexity index is 533. The molecule has 22 heavy (non-hydrogen) atoms. The molecule has 0 radical (unpaired) electrons. The minimum atomic E-state index is -0.0250. The molecule has 1 aromatic rings. The van der Waals surface area contributed by atoms with Crippen molar-refractivity contribution in [3.63, 3.8) is 0 Å². The van der Waals surface area contributed by atoms with Crippen LogP contribution in [-0.4, -0.2) is 72.7 Å². The summed E-state index contributed by atoms with van der Waals surface area (Å²) in [4.78, 5) is 22.8. The number of fused-ring (bicyclic) bond motifs is 1. The number of carbonyl (C=O) groups excluding carboxylic acids is 1. The SMILES string of the molecule is Cc1ccc2c(n1)N(C)[C@H](CO)CCN(C(=O)CN(C)C)C2. The maximum Gasteiger partial charge on any atom is 0.237 e. The average molecular weight is 306 g/mol. The van der Waals surface area contributed by atoms with Gasteiger partial charge in [0.05, 0.1) is 19.2 Å². The molecule has 122 valence electrons. The number of aliphatic hydroxyl groups excluding tert-OH is 1. The van der Waals surface area contributed by atoms with Crippen molar-refractivity contribution in [1.29, 1.82) is 0 Å². The molecule has 6 heteroatoms. The van der Waals surface area contributed by atoms with Gasteiger partial charge >= 0.3 is 0 Å². The van der Waals surface area contributed by atoms with Crippen LogP contribution >= 0.6 is 0 Å². The number of anilines is 1.